The van der Waals surface area contributed by atoms with Crippen molar-refractivity contribution in [3.63, 3.8) is 0 Å². The Labute approximate surface area is 98.0 Å². The number of nitrogens with one attached hydrogen (secondary N) is 1. The van der Waals surface area contributed by atoms with E-state index in [2.05, 4.69) is 46.9 Å². The zero-order chi connectivity index (χ0) is 11.0. The fraction of sp³-hybridized carbons (Fsp3) is 0.333. The number of H-pyrrole nitrogens is 1. The van der Waals surface area contributed by atoms with Crippen LogP contribution in [-0.2, 0) is 6.42 Å². The summed E-state index contributed by atoms with van der Waals surface area (Å²) in [7, 11) is 0. The molecule has 0 unspecified atom stereocenters. The van der Waals surface area contributed by atoms with Gasteiger partial charge in [0, 0.05) is 27.5 Å². The fourth-order valence-electron chi connectivity index (χ4n) is 1.93. The number of fused-ring (bicyclic) bond motifs is 1. The Bertz CT molecular complexity index is 500. The average molecular weight is 267 g/mol. The van der Waals surface area contributed by atoms with Gasteiger partial charge in [0.1, 0.15) is 0 Å². The molecule has 0 aliphatic carbocycles. The number of rotatable bonds is 2. The van der Waals surface area contributed by atoms with E-state index < -0.39 is 0 Å². The van der Waals surface area contributed by atoms with Gasteiger partial charge >= 0.3 is 0 Å². The molecule has 0 spiro atoms. The SMILES string of the molecule is Cc1ccc(C)c2c(Br)c(CCN)[nH]c12. The molecule has 0 radical (unpaired) electrons. The molecule has 3 heteroatoms. The minimum absolute atomic E-state index is 0.670. The lowest BCUT2D eigenvalue weighted by Gasteiger charge is -1.99. The average Bonchev–Trinajstić information content (AvgIpc) is 2.53. The molecule has 1 heterocycles. The Morgan fingerprint density at radius 1 is 1.27 bits per heavy atom. The third kappa shape index (κ3) is 1.70. The van der Waals surface area contributed by atoms with Crippen molar-refractivity contribution in [1.29, 1.82) is 0 Å². The van der Waals surface area contributed by atoms with Gasteiger partial charge in [0.25, 0.3) is 0 Å². The Balaban J connectivity index is 2.75. The lowest BCUT2D eigenvalue weighted by molar-refractivity contribution is 0.934. The van der Waals surface area contributed by atoms with Gasteiger partial charge in [-0.1, -0.05) is 12.1 Å². The minimum atomic E-state index is 0.670. The molecule has 80 valence electrons. The van der Waals surface area contributed by atoms with Crippen LogP contribution in [0.2, 0.25) is 0 Å². The smallest absolute Gasteiger partial charge is 0.0500 e. The van der Waals surface area contributed by atoms with E-state index in [0.717, 1.165) is 6.42 Å². The lowest BCUT2D eigenvalue weighted by atomic mass is 10.1. The summed E-state index contributed by atoms with van der Waals surface area (Å²) >= 11 is 3.65. The Kier molecular flexibility index (Phi) is 2.85. The Morgan fingerprint density at radius 3 is 2.53 bits per heavy atom. The number of aromatic amines is 1. The number of hydrogen-bond acceptors (Lipinski definition) is 1. The zero-order valence-corrected chi connectivity index (χ0v) is 10.6. The second-order valence-corrected chi connectivity index (χ2v) is 4.70. The molecule has 2 rings (SSSR count). The predicted octanol–water partition coefficient (Wildman–Crippen LogP) is 3.05. The van der Waals surface area contributed by atoms with Gasteiger partial charge in [-0.15, -0.1) is 0 Å². The summed E-state index contributed by atoms with van der Waals surface area (Å²) < 4.78 is 1.17. The first-order chi connectivity index (χ1) is 7.15. The molecule has 0 saturated carbocycles. The van der Waals surface area contributed by atoms with E-state index in [1.54, 1.807) is 0 Å². The van der Waals surface area contributed by atoms with Crippen molar-refractivity contribution < 1.29 is 0 Å². The lowest BCUT2D eigenvalue weighted by Crippen LogP contribution is -2.03. The summed E-state index contributed by atoms with van der Waals surface area (Å²) in [5, 5.41) is 1.29. The van der Waals surface area contributed by atoms with E-state index in [1.165, 1.54) is 32.2 Å². The molecule has 0 amide bonds. The summed E-state index contributed by atoms with van der Waals surface area (Å²) in [4.78, 5) is 3.45. The van der Waals surface area contributed by atoms with Gasteiger partial charge in [0.2, 0.25) is 0 Å². The summed E-state index contributed by atoms with van der Waals surface area (Å²) in [5.41, 5.74) is 10.6. The first-order valence-electron chi connectivity index (χ1n) is 5.11. The number of hydrogen-bond donors (Lipinski definition) is 2. The van der Waals surface area contributed by atoms with E-state index in [4.69, 9.17) is 5.73 Å². The van der Waals surface area contributed by atoms with Crippen LogP contribution in [0.3, 0.4) is 0 Å². The molecule has 1 aromatic carbocycles. The molecular formula is C12H15BrN2. The van der Waals surface area contributed by atoms with Gasteiger partial charge in [-0.2, -0.15) is 0 Å². The van der Waals surface area contributed by atoms with Crippen molar-refractivity contribution in [1.82, 2.24) is 4.98 Å². The number of halogens is 1. The maximum atomic E-state index is 5.59. The van der Waals surface area contributed by atoms with Crippen LogP contribution in [0.15, 0.2) is 16.6 Å². The standard InChI is InChI=1S/C12H15BrN2/c1-7-3-4-8(2)12-10(7)11(13)9(15-12)5-6-14/h3-4,15H,5-6,14H2,1-2H3. The van der Waals surface area contributed by atoms with E-state index >= 15 is 0 Å². The van der Waals surface area contributed by atoms with Crippen LogP contribution in [0.4, 0.5) is 0 Å². The molecule has 0 fully saturated rings. The fourth-order valence-corrected chi connectivity index (χ4v) is 2.74. The van der Waals surface area contributed by atoms with Crippen LogP contribution in [0.5, 0.6) is 0 Å². The second kappa shape index (κ2) is 3.99. The number of aromatic nitrogens is 1. The van der Waals surface area contributed by atoms with Crippen LogP contribution in [0.1, 0.15) is 16.8 Å². The highest BCUT2D eigenvalue weighted by atomic mass is 79.9. The molecule has 2 nitrogen and oxygen atoms in total. The van der Waals surface area contributed by atoms with E-state index in [-0.39, 0.29) is 0 Å². The normalized spacial score (nSPS) is 11.2. The van der Waals surface area contributed by atoms with Gasteiger partial charge in [-0.05, 0) is 47.4 Å². The molecule has 0 atom stereocenters. The number of benzene rings is 1. The zero-order valence-electron chi connectivity index (χ0n) is 9.02. The maximum absolute atomic E-state index is 5.59. The highest BCUT2D eigenvalue weighted by molar-refractivity contribution is 9.10. The van der Waals surface area contributed by atoms with Gasteiger partial charge in [0.05, 0.1) is 0 Å². The maximum Gasteiger partial charge on any atom is 0.0500 e. The minimum Gasteiger partial charge on any atom is -0.357 e. The van der Waals surface area contributed by atoms with Crippen molar-refractivity contribution in [2.24, 2.45) is 5.73 Å². The number of aryl methyl sites for hydroxylation is 2. The van der Waals surface area contributed by atoms with E-state index in [9.17, 15) is 0 Å². The largest absolute Gasteiger partial charge is 0.357 e. The van der Waals surface area contributed by atoms with Crippen LogP contribution in [0.25, 0.3) is 10.9 Å². The van der Waals surface area contributed by atoms with E-state index in [0.29, 0.717) is 6.54 Å². The first-order valence-corrected chi connectivity index (χ1v) is 5.90. The van der Waals surface area contributed by atoms with Crippen LogP contribution in [0, 0.1) is 13.8 Å². The van der Waals surface area contributed by atoms with Gasteiger partial charge in [-0.3, -0.25) is 0 Å². The summed E-state index contributed by atoms with van der Waals surface area (Å²) in [6, 6.07) is 4.30. The van der Waals surface area contributed by atoms with Gasteiger partial charge in [-0.25, -0.2) is 0 Å². The quantitative estimate of drug-likeness (QED) is 0.862. The molecule has 0 saturated heterocycles. The monoisotopic (exact) mass is 266 g/mol. The van der Waals surface area contributed by atoms with Crippen molar-refractivity contribution in [2.75, 3.05) is 6.54 Å². The van der Waals surface area contributed by atoms with Crippen molar-refractivity contribution >= 4 is 26.8 Å². The molecule has 2 aromatic rings. The third-order valence-corrected chi connectivity index (χ3v) is 3.65. The molecule has 0 aliphatic heterocycles. The molecule has 15 heavy (non-hydrogen) atoms. The molecular weight excluding hydrogens is 252 g/mol. The van der Waals surface area contributed by atoms with Crippen molar-refractivity contribution in [3.8, 4) is 0 Å². The molecule has 0 bridgehead atoms. The summed E-state index contributed by atoms with van der Waals surface area (Å²) in [6.07, 6.45) is 0.883. The molecule has 1 aromatic heterocycles. The Morgan fingerprint density at radius 2 is 1.93 bits per heavy atom. The highest BCUT2D eigenvalue weighted by Gasteiger charge is 2.11. The van der Waals surface area contributed by atoms with Crippen LogP contribution < -0.4 is 5.73 Å². The van der Waals surface area contributed by atoms with Gasteiger partial charge in [0.15, 0.2) is 0 Å². The van der Waals surface area contributed by atoms with Crippen LogP contribution in [-0.4, -0.2) is 11.5 Å². The second-order valence-electron chi connectivity index (χ2n) is 3.91. The molecule has 0 aliphatic rings. The first kappa shape index (κ1) is 10.7. The summed E-state index contributed by atoms with van der Waals surface area (Å²) in [5.74, 6) is 0. The summed E-state index contributed by atoms with van der Waals surface area (Å²) in [6.45, 7) is 4.92. The third-order valence-electron chi connectivity index (χ3n) is 2.78. The highest BCUT2D eigenvalue weighted by Crippen LogP contribution is 2.32. The van der Waals surface area contributed by atoms with E-state index in [1.807, 2.05) is 0 Å². The van der Waals surface area contributed by atoms with Crippen molar-refractivity contribution in [3.05, 3.63) is 33.4 Å². The van der Waals surface area contributed by atoms with Gasteiger partial charge < -0.3 is 10.7 Å². The Hall–Kier alpha value is -0.800. The van der Waals surface area contributed by atoms with Crippen LogP contribution >= 0.6 is 15.9 Å². The van der Waals surface area contributed by atoms with Crippen molar-refractivity contribution in [2.45, 2.75) is 20.3 Å². The topological polar surface area (TPSA) is 41.8 Å². The predicted molar refractivity (Wildman–Crippen MR) is 68.2 cm³/mol. The molecule has 3 N–H and O–H groups in total. The number of nitrogens with two attached hydrogens (primary N) is 1.